The van der Waals surface area contributed by atoms with Crippen molar-refractivity contribution in [2.75, 3.05) is 26.3 Å². The Bertz CT molecular complexity index is 790. The van der Waals surface area contributed by atoms with Gasteiger partial charge in [0.05, 0.1) is 12.6 Å². The Balaban J connectivity index is 1.54. The molecule has 0 spiro atoms. The van der Waals surface area contributed by atoms with E-state index in [0.717, 1.165) is 0 Å². The number of rotatable bonds is 2. The quantitative estimate of drug-likeness (QED) is 0.819. The molecule has 3 heterocycles. The first-order chi connectivity index (χ1) is 12.1. The molecule has 0 radical (unpaired) electrons. The Morgan fingerprint density at radius 2 is 2.00 bits per heavy atom. The van der Waals surface area contributed by atoms with E-state index < -0.39 is 6.10 Å². The lowest BCUT2D eigenvalue weighted by molar-refractivity contribution is -0.0810. The van der Waals surface area contributed by atoms with Crippen LogP contribution in [0.4, 0.5) is 0 Å². The molecule has 8 heteroatoms. The molecule has 1 amide bonds. The molecule has 1 fully saturated rings. The van der Waals surface area contributed by atoms with Crippen molar-refractivity contribution in [1.29, 1.82) is 0 Å². The third kappa shape index (κ3) is 3.17. The highest BCUT2D eigenvalue weighted by Gasteiger charge is 2.33. The number of aromatic nitrogens is 2. The van der Waals surface area contributed by atoms with Gasteiger partial charge in [0.2, 0.25) is 0 Å². The number of benzene rings is 1. The van der Waals surface area contributed by atoms with Crippen molar-refractivity contribution in [2.24, 2.45) is 0 Å². The number of carbonyl (C=O) groups excluding carboxylic acids is 1. The Morgan fingerprint density at radius 3 is 2.76 bits per heavy atom. The van der Waals surface area contributed by atoms with Gasteiger partial charge in [0.15, 0.2) is 23.4 Å². The van der Waals surface area contributed by atoms with Gasteiger partial charge in [-0.25, -0.2) is 0 Å². The third-order valence-corrected chi connectivity index (χ3v) is 4.16. The molecule has 4 rings (SSSR count). The fourth-order valence-electron chi connectivity index (χ4n) is 3.06. The predicted molar refractivity (Wildman–Crippen MR) is 85.7 cm³/mol. The molecule has 0 N–H and O–H groups in total. The van der Waals surface area contributed by atoms with E-state index in [0.29, 0.717) is 55.1 Å². The molecule has 1 saturated heterocycles. The molecule has 2 aliphatic rings. The second-order valence-electron chi connectivity index (χ2n) is 6.18. The van der Waals surface area contributed by atoms with Crippen LogP contribution >= 0.6 is 0 Å². The summed E-state index contributed by atoms with van der Waals surface area (Å²) in [5.74, 6) is 2.11. The van der Waals surface area contributed by atoms with Crippen molar-refractivity contribution in [2.45, 2.75) is 26.1 Å². The Morgan fingerprint density at radius 1 is 1.20 bits per heavy atom. The minimum Gasteiger partial charge on any atom is -0.486 e. The first-order valence-corrected chi connectivity index (χ1v) is 8.25. The average molecular weight is 345 g/mol. The van der Waals surface area contributed by atoms with Gasteiger partial charge in [-0.1, -0.05) is 5.16 Å². The summed E-state index contributed by atoms with van der Waals surface area (Å²) in [6.07, 6.45) is -0.557. The Kier molecular flexibility index (Phi) is 4.04. The SMILES string of the molecule is Cc1noc([C@H]2CN(C(=O)c3ccc4c(c3)OCCO4)C[C@@H](C)O2)n1. The summed E-state index contributed by atoms with van der Waals surface area (Å²) >= 11 is 0. The average Bonchev–Trinajstić information content (AvgIpc) is 3.06. The summed E-state index contributed by atoms with van der Waals surface area (Å²) in [5, 5.41) is 3.79. The van der Waals surface area contributed by atoms with Crippen molar-refractivity contribution in [3.05, 3.63) is 35.5 Å². The predicted octanol–water partition coefficient (Wildman–Crippen LogP) is 1.75. The number of ether oxygens (including phenoxy) is 3. The second-order valence-corrected chi connectivity index (χ2v) is 6.18. The van der Waals surface area contributed by atoms with Crippen LogP contribution in [0.25, 0.3) is 0 Å². The first-order valence-electron chi connectivity index (χ1n) is 8.25. The molecule has 2 atom stereocenters. The number of nitrogens with zero attached hydrogens (tertiary/aromatic N) is 3. The van der Waals surface area contributed by atoms with Crippen LogP contribution in [0, 0.1) is 6.92 Å². The van der Waals surface area contributed by atoms with Crippen LogP contribution in [0.3, 0.4) is 0 Å². The Labute approximate surface area is 144 Å². The largest absolute Gasteiger partial charge is 0.486 e. The van der Waals surface area contributed by atoms with Gasteiger partial charge in [0.1, 0.15) is 13.2 Å². The minimum atomic E-state index is -0.425. The smallest absolute Gasteiger partial charge is 0.257 e. The summed E-state index contributed by atoms with van der Waals surface area (Å²) in [6.45, 7) is 5.53. The highest BCUT2D eigenvalue weighted by atomic mass is 16.6. The summed E-state index contributed by atoms with van der Waals surface area (Å²) in [6, 6.07) is 5.25. The van der Waals surface area contributed by atoms with Crippen LogP contribution in [0.1, 0.15) is 35.1 Å². The molecule has 0 aliphatic carbocycles. The van der Waals surface area contributed by atoms with Gasteiger partial charge in [-0.05, 0) is 32.0 Å². The van der Waals surface area contributed by atoms with Crippen molar-refractivity contribution in [3.8, 4) is 11.5 Å². The molecule has 2 aliphatic heterocycles. The maximum Gasteiger partial charge on any atom is 0.257 e. The number of amides is 1. The van der Waals surface area contributed by atoms with Crippen molar-refractivity contribution < 1.29 is 23.5 Å². The maximum absolute atomic E-state index is 12.9. The molecule has 25 heavy (non-hydrogen) atoms. The highest BCUT2D eigenvalue weighted by Crippen LogP contribution is 2.32. The molecule has 1 aromatic heterocycles. The molecule has 2 aromatic rings. The number of hydrogen-bond donors (Lipinski definition) is 0. The lowest BCUT2D eigenvalue weighted by Crippen LogP contribution is -2.46. The summed E-state index contributed by atoms with van der Waals surface area (Å²) in [7, 11) is 0. The van der Waals surface area contributed by atoms with Crippen molar-refractivity contribution in [1.82, 2.24) is 15.0 Å². The van der Waals surface area contributed by atoms with Gasteiger partial charge >= 0.3 is 0 Å². The van der Waals surface area contributed by atoms with Gasteiger partial charge in [-0.15, -0.1) is 0 Å². The molecular formula is C17H19N3O5. The van der Waals surface area contributed by atoms with Crippen LogP contribution in [-0.2, 0) is 4.74 Å². The zero-order valence-corrected chi connectivity index (χ0v) is 14.1. The molecule has 1 aromatic carbocycles. The van der Waals surface area contributed by atoms with E-state index in [-0.39, 0.29) is 12.0 Å². The normalized spacial score (nSPS) is 22.7. The highest BCUT2D eigenvalue weighted by molar-refractivity contribution is 5.95. The Hall–Kier alpha value is -2.61. The van der Waals surface area contributed by atoms with Crippen LogP contribution in [-0.4, -0.2) is 53.4 Å². The second kappa shape index (κ2) is 6.36. The summed E-state index contributed by atoms with van der Waals surface area (Å²) in [5.41, 5.74) is 0.554. The molecule has 8 nitrogen and oxygen atoms in total. The fraction of sp³-hybridized carbons (Fsp3) is 0.471. The minimum absolute atomic E-state index is 0.0895. The van der Waals surface area contributed by atoms with Gasteiger partial charge in [0.25, 0.3) is 11.8 Å². The number of carbonyl (C=O) groups is 1. The lowest BCUT2D eigenvalue weighted by Gasteiger charge is -2.35. The number of aryl methyl sites for hydroxylation is 1. The topological polar surface area (TPSA) is 86.9 Å². The van der Waals surface area contributed by atoms with E-state index in [1.807, 2.05) is 6.92 Å². The van der Waals surface area contributed by atoms with Crippen LogP contribution in [0.2, 0.25) is 0 Å². The van der Waals surface area contributed by atoms with E-state index in [1.165, 1.54) is 0 Å². The van der Waals surface area contributed by atoms with Crippen LogP contribution in [0.5, 0.6) is 11.5 Å². The number of morpholine rings is 1. The van der Waals surface area contributed by atoms with Gasteiger partial charge in [-0.2, -0.15) is 4.98 Å². The summed E-state index contributed by atoms with van der Waals surface area (Å²) in [4.78, 5) is 18.9. The van der Waals surface area contributed by atoms with Crippen molar-refractivity contribution >= 4 is 5.91 Å². The van der Waals surface area contributed by atoms with E-state index in [1.54, 1.807) is 30.0 Å². The zero-order chi connectivity index (χ0) is 17.4. The van der Waals surface area contributed by atoms with Crippen molar-refractivity contribution in [3.63, 3.8) is 0 Å². The molecule has 0 saturated carbocycles. The fourth-order valence-corrected chi connectivity index (χ4v) is 3.06. The number of fused-ring (bicyclic) bond motifs is 1. The number of hydrogen-bond acceptors (Lipinski definition) is 7. The van der Waals surface area contributed by atoms with Gasteiger partial charge < -0.3 is 23.6 Å². The molecular weight excluding hydrogens is 326 g/mol. The van der Waals surface area contributed by atoms with E-state index >= 15 is 0 Å². The van der Waals surface area contributed by atoms with Crippen LogP contribution in [0.15, 0.2) is 22.7 Å². The van der Waals surface area contributed by atoms with Crippen LogP contribution < -0.4 is 9.47 Å². The first kappa shape index (κ1) is 15.9. The maximum atomic E-state index is 12.9. The monoisotopic (exact) mass is 345 g/mol. The molecule has 0 bridgehead atoms. The lowest BCUT2D eigenvalue weighted by atomic mass is 10.1. The standard InChI is InChI=1S/C17H19N3O5/c1-10-8-20(9-15(24-10)16-18-11(2)19-25-16)17(21)12-3-4-13-14(7-12)23-6-5-22-13/h3-4,7,10,15H,5-6,8-9H2,1-2H3/t10-,15-/m1/s1. The third-order valence-electron chi connectivity index (χ3n) is 4.16. The molecule has 0 unspecified atom stereocenters. The zero-order valence-electron chi connectivity index (χ0n) is 14.1. The molecule has 132 valence electrons. The van der Waals surface area contributed by atoms with E-state index in [9.17, 15) is 4.79 Å². The van der Waals surface area contributed by atoms with Gasteiger partial charge in [0, 0.05) is 12.1 Å². The van der Waals surface area contributed by atoms with E-state index in [4.69, 9.17) is 18.7 Å². The van der Waals surface area contributed by atoms with E-state index in [2.05, 4.69) is 10.1 Å². The summed E-state index contributed by atoms with van der Waals surface area (Å²) < 4.78 is 22.1. The van der Waals surface area contributed by atoms with Gasteiger partial charge in [-0.3, -0.25) is 4.79 Å².